The van der Waals surface area contributed by atoms with E-state index in [0.29, 0.717) is 13.0 Å². The highest BCUT2D eigenvalue weighted by Crippen LogP contribution is 2.40. The van der Waals surface area contributed by atoms with Crippen molar-refractivity contribution >= 4 is 0 Å². The van der Waals surface area contributed by atoms with Crippen LogP contribution in [0.5, 0.6) is 0 Å². The molecule has 0 saturated carbocycles. The van der Waals surface area contributed by atoms with E-state index in [-0.39, 0.29) is 6.54 Å². The Labute approximate surface area is 59.8 Å². The zero-order valence-electron chi connectivity index (χ0n) is 6.38. The maximum Gasteiger partial charge on any atom is 0.265 e. The third-order valence-corrected chi connectivity index (χ3v) is 2.26. The fourth-order valence-electron chi connectivity index (χ4n) is 1.07. The number of nitrogens with one attached hydrogen (secondary N) is 1. The molecule has 1 aliphatic heterocycles. The fraction of sp³-hybridized carbons (Fsp3) is 1.00. The highest BCUT2D eigenvalue weighted by molar-refractivity contribution is 4.91. The molecule has 1 rings (SSSR count). The summed E-state index contributed by atoms with van der Waals surface area (Å²) in [5.74, 6) is -2.54. The predicted octanol–water partition coefficient (Wildman–Crippen LogP) is 1.64. The van der Waals surface area contributed by atoms with Gasteiger partial charge < -0.3 is 5.32 Å². The lowest BCUT2D eigenvalue weighted by Gasteiger charge is -2.38. The number of hydrogen-bond acceptors (Lipinski definition) is 1. The van der Waals surface area contributed by atoms with Crippen LogP contribution in [-0.4, -0.2) is 19.0 Å². The average Bonchev–Trinajstić information content (AvgIpc) is 1.77. The molecule has 0 radical (unpaired) electrons. The van der Waals surface area contributed by atoms with Crippen LogP contribution in [0, 0.1) is 5.41 Å². The molecule has 0 atom stereocenters. The third kappa shape index (κ3) is 1.15. The molecule has 0 bridgehead atoms. The van der Waals surface area contributed by atoms with Gasteiger partial charge in [0.05, 0.1) is 6.54 Å². The number of rotatable bonds is 0. The lowest BCUT2D eigenvalue weighted by atomic mass is 9.80. The van der Waals surface area contributed by atoms with E-state index in [9.17, 15) is 8.78 Å². The molecule has 60 valence electrons. The highest BCUT2D eigenvalue weighted by Gasteiger charge is 2.47. The van der Waals surface area contributed by atoms with Crippen LogP contribution in [0.25, 0.3) is 0 Å². The molecule has 1 nitrogen and oxygen atoms in total. The van der Waals surface area contributed by atoms with Gasteiger partial charge in [-0.3, -0.25) is 0 Å². The minimum Gasteiger partial charge on any atom is -0.311 e. The average molecular weight is 149 g/mol. The van der Waals surface area contributed by atoms with Gasteiger partial charge in [0.2, 0.25) is 0 Å². The van der Waals surface area contributed by atoms with Crippen LogP contribution in [0.3, 0.4) is 0 Å². The van der Waals surface area contributed by atoms with Gasteiger partial charge in [0.1, 0.15) is 0 Å². The Balaban J connectivity index is 2.70. The van der Waals surface area contributed by atoms with E-state index >= 15 is 0 Å². The normalized spacial score (nSPS) is 30.0. The molecule has 0 spiro atoms. The first-order valence-corrected chi connectivity index (χ1v) is 3.54. The number of hydrogen-bond donors (Lipinski definition) is 1. The van der Waals surface area contributed by atoms with Crippen molar-refractivity contribution < 1.29 is 8.78 Å². The van der Waals surface area contributed by atoms with Gasteiger partial charge in [0, 0.05) is 5.41 Å². The van der Waals surface area contributed by atoms with E-state index < -0.39 is 11.3 Å². The van der Waals surface area contributed by atoms with Crippen LogP contribution < -0.4 is 5.32 Å². The topological polar surface area (TPSA) is 12.0 Å². The Morgan fingerprint density at radius 1 is 1.30 bits per heavy atom. The molecular weight excluding hydrogens is 136 g/mol. The van der Waals surface area contributed by atoms with Gasteiger partial charge in [-0.2, -0.15) is 0 Å². The Morgan fingerprint density at radius 2 is 1.90 bits per heavy atom. The summed E-state index contributed by atoms with van der Waals surface area (Å²) in [5, 5.41) is 2.68. The maximum absolute atomic E-state index is 12.9. The van der Waals surface area contributed by atoms with Crippen LogP contribution in [0.15, 0.2) is 0 Å². The summed E-state index contributed by atoms with van der Waals surface area (Å²) in [6.45, 7) is 3.78. The van der Waals surface area contributed by atoms with Crippen LogP contribution in [-0.2, 0) is 0 Å². The Morgan fingerprint density at radius 3 is 2.20 bits per heavy atom. The van der Waals surface area contributed by atoms with Crippen molar-refractivity contribution in [1.82, 2.24) is 5.32 Å². The van der Waals surface area contributed by atoms with Gasteiger partial charge in [-0.25, -0.2) is 8.78 Å². The number of halogens is 2. The molecular formula is C7H13F2N. The molecule has 1 fully saturated rings. The van der Waals surface area contributed by atoms with Crippen molar-refractivity contribution in [2.75, 3.05) is 13.1 Å². The Hall–Kier alpha value is -0.180. The molecule has 10 heavy (non-hydrogen) atoms. The molecule has 1 saturated heterocycles. The standard InChI is InChI=1S/C7H13F2N/c1-6(2)3-4-10-5-7(6,8)9/h10H,3-5H2,1-2H3. The van der Waals surface area contributed by atoms with E-state index in [4.69, 9.17) is 0 Å². The second-order valence-electron chi connectivity index (χ2n) is 3.52. The van der Waals surface area contributed by atoms with Gasteiger partial charge >= 0.3 is 0 Å². The summed E-state index contributed by atoms with van der Waals surface area (Å²) in [6, 6.07) is 0. The number of alkyl halides is 2. The summed E-state index contributed by atoms with van der Waals surface area (Å²) in [6.07, 6.45) is 0.556. The second-order valence-corrected chi connectivity index (χ2v) is 3.52. The molecule has 0 aliphatic carbocycles. The van der Waals surface area contributed by atoms with E-state index in [0.717, 1.165) is 0 Å². The SMILES string of the molecule is CC1(C)CCNCC1(F)F. The lowest BCUT2D eigenvalue weighted by molar-refractivity contribution is -0.120. The van der Waals surface area contributed by atoms with Crippen molar-refractivity contribution in [2.45, 2.75) is 26.2 Å². The van der Waals surface area contributed by atoms with Crippen LogP contribution in [0.2, 0.25) is 0 Å². The molecule has 0 amide bonds. The third-order valence-electron chi connectivity index (χ3n) is 2.26. The zero-order valence-corrected chi connectivity index (χ0v) is 6.38. The summed E-state index contributed by atoms with van der Waals surface area (Å²) in [7, 11) is 0. The van der Waals surface area contributed by atoms with Gasteiger partial charge in [0.15, 0.2) is 0 Å². The van der Waals surface area contributed by atoms with Crippen molar-refractivity contribution in [3.63, 3.8) is 0 Å². The first-order chi connectivity index (χ1) is 4.46. The summed E-state index contributed by atoms with van der Waals surface area (Å²) < 4.78 is 25.8. The van der Waals surface area contributed by atoms with Gasteiger partial charge in [-0.15, -0.1) is 0 Å². The first-order valence-electron chi connectivity index (χ1n) is 3.54. The molecule has 1 heterocycles. The quantitative estimate of drug-likeness (QED) is 0.552. The van der Waals surface area contributed by atoms with Crippen LogP contribution in [0.1, 0.15) is 20.3 Å². The molecule has 1 N–H and O–H groups in total. The van der Waals surface area contributed by atoms with E-state index in [1.807, 2.05) is 0 Å². The summed E-state index contributed by atoms with van der Waals surface area (Å²) >= 11 is 0. The summed E-state index contributed by atoms with van der Waals surface area (Å²) in [5.41, 5.74) is -0.821. The molecule has 0 unspecified atom stereocenters. The van der Waals surface area contributed by atoms with Crippen molar-refractivity contribution in [2.24, 2.45) is 5.41 Å². The molecule has 0 aromatic carbocycles. The van der Waals surface area contributed by atoms with Crippen molar-refractivity contribution in [1.29, 1.82) is 0 Å². The molecule has 0 aromatic rings. The van der Waals surface area contributed by atoms with Crippen LogP contribution >= 0.6 is 0 Å². The molecule has 0 aromatic heterocycles. The summed E-state index contributed by atoms with van der Waals surface area (Å²) in [4.78, 5) is 0. The zero-order chi connectivity index (χ0) is 7.83. The minimum atomic E-state index is -2.54. The van der Waals surface area contributed by atoms with Crippen molar-refractivity contribution in [3.8, 4) is 0 Å². The van der Waals surface area contributed by atoms with Gasteiger partial charge in [0.25, 0.3) is 5.92 Å². The number of piperidine rings is 1. The van der Waals surface area contributed by atoms with E-state index in [1.54, 1.807) is 13.8 Å². The maximum atomic E-state index is 12.9. The predicted molar refractivity (Wildman–Crippen MR) is 36.2 cm³/mol. The lowest BCUT2D eigenvalue weighted by Crippen LogP contribution is -2.51. The monoisotopic (exact) mass is 149 g/mol. The Kier molecular flexibility index (Phi) is 1.71. The first kappa shape index (κ1) is 7.92. The smallest absolute Gasteiger partial charge is 0.265 e. The highest BCUT2D eigenvalue weighted by atomic mass is 19.3. The van der Waals surface area contributed by atoms with Gasteiger partial charge in [-0.05, 0) is 13.0 Å². The van der Waals surface area contributed by atoms with E-state index in [1.165, 1.54) is 0 Å². The van der Waals surface area contributed by atoms with Crippen LogP contribution in [0.4, 0.5) is 8.78 Å². The minimum absolute atomic E-state index is 0.167. The fourth-order valence-corrected chi connectivity index (χ4v) is 1.07. The molecule has 1 aliphatic rings. The van der Waals surface area contributed by atoms with E-state index in [2.05, 4.69) is 5.32 Å². The second kappa shape index (κ2) is 2.16. The van der Waals surface area contributed by atoms with Gasteiger partial charge in [-0.1, -0.05) is 13.8 Å². The van der Waals surface area contributed by atoms with Crippen molar-refractivity contribution in [3.05, 3.63) is 0 Å². The Bertz CT molecular complexity index is 116. The largest absolute Gasteiger partial charge is 0.311 e. The molecule has 3 heteroatoms.